The third-order valence-electron chi connectivity index (χ3n) is 5.88. The number of benzene rings is 2. The van der Waals surface area contributed by atoms with E-state index in [-0.39, 0.29) is 17.3 Å². The van der Waals surface area contributed by atoms with E-state index in [0.29, 0.717) is 6.04 Å². The molecule has 0 spiro atoms. The summed E-state index contributed by atoms with van der Waals surface area (Å²) in [6, 6.07) is 19.3. The quantitative estimate of drug-likeness (QED) is 0.820. The average Bonchev–Trinajstić information content (AvgIpc) is 3.33. The number of hydrogen-bond acceptors (Lipinski definition) is 4. The van der Waals surface area contributed by atoms with E-state index in [4.69, 9.17) is 4.74 Å². The van der Waals surface area contributed by atoms with Gasteiger partial charge < -0.3 is 9.64 Å². The topological polar surface area (TPSA) is 32.8 Å². The van der Waals surface area contributed by atoms with Crippen molar-refractivity contribution in [2.45, 2.75) is 35.3 Å². The van der Waals surface area contributed by atoms with Gasteiger partial charge in [-0.3, -0.25) is 9.69 Å². The van der Waals surface area contributed by atoms with Crippen molar-refractivity contribution in [3.63, 3.8) is 0 Å². The first-order valence-electron chi connectivity index (χ1n) is 9.71. The van der Waals surface area contributed by atoms with Crippen LogP contribution in [0.1, 0.15) is 11.1 Å². The summed E-state index contributed by atoms with van der Waals surface area (Å²) in [7, 11) is 0. The van der Waals surface area contributed by atoms with Gasteiger partial charge >= 0.3 is 0 Å². The van der Waals surface area contributed by atoms with Crippen molar-refractivity contribution in [3.05, 3.63) is 65.7 Å². The van der Waals surface area contributed by atoms with Gasteiger partial charge in [-0.05, 0) is 23.6 Å². The Hall–Kier alpha value is -1.82. The molecule has 27 heavy (non-hydrogen) atoms. The first-order chi connectivity index (χ1) is 13.3. The molecule has 3 aliphatic rings. The molecule has 5 heteroatoms. The lowest BCUT2D eigenvalue weighted by Crippen LogP contribution is -2.50. The van der Waals surface area contributed by atoms with E-state index in [1.165, 1.54) is 16.0 Å². The zero-order valence-corrected chi connectivity index (χ0v) is 16.1. The fraction of sp³-hybridized carbons (Fsp3) is 0.409. The van der Waals surface area contributed by atoms with Crippen molar-refractivity contribution in [1.82, 2.24) is 9.80 Å². The number of likely N-dealkylation sites (tertiary alicyclic amines) is 1. The molecule has 3 heterocycles. The van der Waals surface area contributed by atoms with E-state index in [0.717, 1.165) is 39.2 Å². The standard InChI is InChI=1S/C22H24N2O2S/c25-22(21-12-17-8-4-5-9-20(17)27-21)24-14-18-19(15-24)26-11-10-23(18)13-16-6-2-1-3-7-16/h1-9,18-19,21H,10-15H2/t18-,19+,21+/m1/s1. The number of carbonyl (C=O) groups excluding carboxylic acids is 1. The minimum absolute atomic E-state index is 0.0186. The second-order valence-electron chi connectivity index (χ2n) is 7.59. The van der Waals surface area contributed by atoms with Crippen molar-refractivity contribution >= 4 is 17.7 Å². The van der Waals surface area contributed by atoms with Crippen molar-refractivity contribution in [1.29, 1.82) is 0 Å². The van der Waals surface area contributed by atoms with Crippen LogP contribution in [0.2, 0.25) is 0 Å². The van der Waals surface area contributed by atoms with Gasteiger partial charge in [-0.2, -0.15) is 0 Å². The molecule has 0 aliphatic carbocycles. The number of ether oxygens (including phenoxy) is 1. The van der Waals surface area contributed by atoms with Gasteiger partial charge in [0.05, 0.1) is 24.0 Å². The number of rotatable bonds is 3. The van der Waals surface area contributed by atoms with Crippen molar-refractivity contribution in [2.75, 3.05) is 26.2 Å². The Kier molecular flexibility index (Phi) is 4.68. The van der Waals surface area contributed by atoms with Crippen LogP contribution in [0.5, 0.6) is 0 Å². The predicted octanol–water partition coefficient (Wildman–Crippen LogP) is 2.82. The molecule has 2 aromatic carbocycles. The van der Waals surface area contributed by atoms with Gasteiger partial charge in [0.25, 0.3) is 0 Å². The molecule has 0 unspecified atom stereocenters. The van der Waals surface area contributed by atoms with E-state index in [2.05, 4.69) is 59.5 Å². The molecular weight excluding hydrogens is 356 g/mol. The predicted molar refractivity (Wildman–Crippen MR) is 107 cm³/mol. The summed E-state index contributed by atoms with van der Waals surface area (Å²) in [6.45, 7) is 4.12. The highest BCUT2D eigenvalue weighted by molar-refractivity contribution is 8.01. The Labute approximate surface area is 164 Å². The molecule has 0 bridgehead atoms. The summed E-state index contributed by atoms with van der Waals surface area (Å²) in [5.74, 6) is 0.272. The summed E-state index contributed by atoms with van der Waals surface area (Å²) in [5, 5.41) is 0.0186. The molecule has 3 aliphatic heterocycles. The van der Waals surface area contributed by atoms with E-state index in [1.807, 2.05) is 4.90 Å². The number of nitrogens with zero attached hydrogens (tertiary/aromatic N) is 2. The minimum Gasteiger partial charge on any atom is -0.373 e. The Morgan fingerprint density at radius 1 is 1.07 bits per heavy atom. The third-order valence-corrected chi connectivity index (χ3v) is 7.18. The lowest BCUT2D eigenvalue weighted by molar-refractivity contribution is -0.130. The highest BCUT2D eigenvalue weighted by atomic mass is 32.2. The molecular formula is C22H24N2O2S. The van der Waals surface area contributed by atoms with Gasteiger partial charge in [0, 0.05) is 31.1 Å². The van der Waals surface area contributed by atoms with Crippen LogP contribution < -0.4 is 0 Å². The summed E-state index contributed by atoms with van der Waals surface area (Å²) in [5.41, 5.74) is 2.63. The second kappa shape index (κ2) is 7.30. The van der Waals surface area contributed by atoms with E-state index in [1.54, 1.807) is 11.8 Å². The van der Waals surface area contributed by atoms with Crippen LogP contribution in [-0.4, -0.2) is 59.3 Å². The molecule has 0 saturated carbocycles. The Morgan fingerprint density at radius 3 is 2.74 bits per heavy atom. The summed E-state index contributed by atoms with van der Waals surface area (Å²) in [6.07, 6.45) is 0.986. The first-order valence-corrected chi connectivity index (χ1v) is 10.6. The third kappa shape index (κ3) is 3.40. The number of morpholine rings is 1. The monoisotopic (exact) mass is 380 g/mol. The molecule has 3 atom stereocenters. The van der Waals surface area contributed by atoms with E-state index in [9.17, 15) is 4.79 Å². The Bertz CT molecular complexity index is 803. The van der Waals surface area contributed by atoms with Crippen LogP contribution in [0.3, 0.4) is 0 Å². The van der Waals surface area contributed by atoms with E-state index >= 15 is 0 Å². The number of amides is 1. The average molecular weight is 381 g/mol. The molecule has 2 fully saturated rings. The van der Waals surface area contributed by atoms with E-state index < -0.39 is 0 Å². The fourth-order valence-corrected chi connectivity index (χ4v) is 5.76. The van der Waals surface area contributed by atoms with Gasteiger partial charge in [0.2, 0.25) is 5.91 Å². The number of fused-ring (bicyclic) bond motifs is 2. The van der Waals surface area contributed by atoms with Crippen LogP contribution in [0.15, 0.2) is 59.5 Å². The molecule has 5 rings (SSSR count). The van der Waals surface area contributed by atoms with Crippen LogP contribution in [0.4, 0.5) is 0 Å². The van der Waals surface area contributed by atoms with Gasteiger partial charge in [-0.25, -0.2) is 0 Å². The Morgan fingerprint density at radius 2 is 1.89 bits per heavy atom. The number of carbonyl (C=O) groups is 1. The van der Waals surface area contributed by atoms with Gasteiger partial charge in [-0.1, -0.05) is 48.5 Å². The van der Waals surface area contributed by atoms with Crippen molar-refractivity contribution in [2.24, 2.45) is 0 Å². The SMILES string of the molecule is O=C([C@@H]1Cc2ccccc2S1)N1C[C@@H]2OCCN(Cc3ccccc3)[C@@H]2C1. The molecule has 0 radical (unpaired) electrons. The van der Waals surface area contributed by atoms with Crippen LogP contribution >= 0.6 is 11.8 Å². The lowest BCUT2D eigenvalue weighted by Gasteiger charge is -2.36. The fourth-order valence-electron chi connectivity index (χ4n) is 4.48. The Balaban J connectivity index is 1.26. The summed E-state index contributed by atoms with van der Waals surface area (Å²) >= 11 is 1.72. The van der Waals surface area contributed by atoms with Crippen molar-refractivity contribution in [3.8, 4) is 0 Å². The maximum absolute atomic E-state index is 13.2. The van der Waals surface area contributed by atoms with Gasteiger partial charge in [-0.15, -0.1) is 11.8 Å². The summed E-state index contributed by atoms with van der Waals surface area (Å²) in [4.78, 5) is 19.0. The largest absolute Gasteiger partial charge is 0.373 e. The van der Waals surface area contributed by atoms with Gasteiger partial charge in [0.1, 0.15) is 0 Å². The molecule has 1 amide bonds. The summed E-state index contributed by atoms with van der Waals surface area (Å²) < 4.78 is 6.03. The van der Waals surface area contributed by atoms with Crippen LogP contribution in [0, 0.1) is 0 Å². The number of hydrogen-bond donors (Lipinski definition) is 0. The highest BCUT2D eigenvalue weighted by Crippen LogP contribution is 2.38. The minimum atomic E-state index is 0.0186. The molecule has 0 N–H and O–H groups in total. The second-order valence-corrected chi connectivity index (χ2v) is 8.84. The van der Waals surface area contributed by atoms with Gasteiger partial charge in [0.15, 0.2) is 0 Å². The molecule has 140 valence electrons. The maximum atomic E-state index is 13.2. The molecule has 0 aromatic heterocycles. The van der Waals surface area contributed by atoms with Crippen molar-refractivity contribution < 1.29 is 9.53 Å². The number of thioether (sulfide) groups is 1. The smallest absolute Gasteiger partial charge is 0.236 e. The highest BCUT2D eigenvalue weighted by Gasteiger charge is 2.43. The zero-order valence-electron chi connectivity index (χ0n) is 15.3. The molecule has 4 nitrogen and oxygen atoms in total. The van der Waals surface area contributed by atoms with Crippen LogP contribution in [-0.2, 0) is 22.5 Å². The maximum Gasteiger partial charge on any atom is 0.236 e. The zero-order chi connectivity index (χ0) is 18.2. The lowest BCUT2D eigenvalue weighted by atomic mass is 10.1. The molecule has 2 aromatic rings. The first kappa shape index (κ1) is 17.3. The normalized spacial score (nSPS) is 27.4. The molecule has 2 saturated heterocycles. The van der Waals surface area contributed by atoms with Crippen LogP contribution in [0.25, 0.3) is 0 Å².